The number of benzene rings is 1. The largest absolute Gasteiger partial charge is 0.341 e. The fourth-order valence-corrected chi connectivity index (χ4v) is 4.54. The van der Waals surface area contributed by atoms with Crippen molar-refractivity contribution in [2.24, 2.45) is 7.05 Å². The molecule has 0 radical (unpaired) electrons. The molecule has 1 aromatic carbocycles. The number of hydrogen-bond acceptors (Lipinski definition) is 6. The van der Waals surface area contributed by atoms with Gasteiger partial charge in [-0.15, -0.1) is 0 Å². The average molecular weight is 407 g/mol. The fourth-order valence-electron chi connectivity index (χ4n) is 3.09. The van der Waals surface area contributed by atoms with Gasteiger partial charge in [-0.25, -0.2) is 8.42 Å². The number of hydrogen-bond donors (Lipinski definition) is 0. The third-order valence-electron chi connectivity index (χ3n) is 4.63. The minimum Gasteiger partial charge on any atom is -0.341 e. The Morgan fingerprint density at radius 1 is 1.18 bits per heavy atom. The molecule has 3 rings (SSSR count). The Bertz CT molecular complexity index is 970. The van der Waals surface area contributed by atoms with Gasteiger partial charge in [0.05, 0.1) is 17.5 Å². The van der Waals surface area contributed by atoms with E-state index in [1.54, 1.807) is 24.1 Å². The summed E-state index contributed by atoms with van der Waals surface area (Å²) in [7, 11) is -1.98. The van der Waals surface area contributed by atoms with E-state index in [9.17, 15) is 23.3 Å². The van der Waals surface area contributed by atoms with Crippen molar-refractivity contribution in [2.45, 2.75) is 17.7 Å². The maximum atomic E-state index is 12.7. The molecule has 1 saturated heterocycles. The minimum absolute atomic E-state index is 0.0257. The van der Waals surface area contributed by atoms with Gasteiger partial charge in [-0.3, -0.25) is 19.6 Å². The van der Waals surface area contributed by atoms with Gasteiger partial charge in [-0.05, 0) is 12.0 Å². The summed E-state index contributed by atoms with van der Waals surface area (Å²) in [5, 5.41) is 14.6. The first kappa shape index (κ1) is 20.0. The number of aromatic nitrogens is 2. The van der Waals surface area contributed by atoms with E-state index in [1.807, 2.05) is 0 Å². The predicted octanol–water partition coefficient (Wildman–Crippen LogP) is 0.794. The van der Waals surface area contributed by atoms with Gasteiger partial charge in [-0.2, -0.15) is 9.40 Å². The normalized spacial score (nSPS) is 16.0. The second-order valence-corrected chi connectivity index (χ2v) is 8.53. The van der Waals surface area contributed by atoms with Gasteiger partial charge in [0.2, 0.25) is 15.9 Å². The van der Waals surface area contributed by atoms with Gasteiger partial charge in [0, 0.05) is 51.6 Å². The lowest BCUT2D eigenvalue weighted by Crippen LogP contribution is -2.37. The molecule has 0 unspecified atom stereocenters. The molecule has 1 aromatic heterocycles. The van der Waals surface area contributed by atoms with E-state index >= 15 is 0 Å². The van der Waals surface area contributed by atoms with Crippen LogP contribution in [0.5, 0.6) is 0 Å². The number of aryl methyl sites for hydroxylation is 1. The Balaban J connectivity index is 1.63. The monoisotopic (exact) mass is 407 g/mol. The van der Waals surface area contributed by atoms with Crippen LogP contribution in [-0.4, -0.2) is 64.4 Å². The number of carbonyl (C=O) groups is 1. The maximum absolute atomic E-state index is 12.7. The van der Waals surface area contributed by atoms with E-state index < -0.39 is 14.9 Å². The van der Waals surface area contributed by atoms with Crippen LogP contribution in [-0.2, 0) is 28.3 Å². The number of nitrogens with zero attached hydrogens (tertiary/aromatic N) is 5. The predicted molar refractivity (Wildman–Crippen MR) is 100.0 cm³/mol. The Morgan fingerprint density at radius 2 is 1.89 bits per heavy atom. The number of nitro groups is 1. The van der Waals surface area contributed by atoms with Crippen molar-refractivity contribution in [1.82, 2.24) is 19.0 Å². The number of non-ortho nitro benzene ring substituents is 1. The molecule has 2 aromatic rings. The van der Waals surface area contributed by atoms with Crippen LogP contribution in [0.2, 0.25) is 0 Å². The van der Waals surface area contributed by atoms with Gasteiger partial charge >= 0.3 is 0 Å². The molecule has 28 heavy (non-hydrogen) atoms. The summed E-state index contributed by atoms with van der Waals surface area (Å²) in [5.74, 6) is -0.130. The van der Waals surface area contributed by atoms with Crippen molar-refractivity contribution in [1.29, 1.82) is 0 Å². The van der Waals surface area contributed by atoms with E-state index in [1.165, 1.54) is 33.5 Å². The molecular formula is C17H21N5O5S. The Labute approximate surface area is 162 Å². The van der Waals surface area contributed by atoms with Crippen molar-refractivity contribution in [3.05, 3.63) is 52.3 Å². The lowest BCUT2D eigenvalue weighted by Gasteiger charge is -2.21. The van der Waals surface area contributed by atoms with Crippen molar-refractivity contribution >= 4 is 21.6 Å². The summed E-state index contributed by atoms with van der Waals surface area (Å²) in [5.41, 5.74) is 0.655. The van der Waals surface area contributed by atoms with Crippen LogP contribution in [0, 0.1) is 10.1 Å². The van der Waals surface area contributed by atoms with Crippen LogP contribution < -0.4 is 0 Å². The molecule has 0 spiro atoms. The molecule has 0 saturated carbocycles. The fraction of sp³-hybridized carbons (Fsp3) is 0.412. The number of amides is 1. The molecule has 1 amide bonds. The zero-order valence-electron chi connectivity index (χ0n) is 15.4. The van der Waals surface area contributed by atoms with Gasteiger partial charge in [0.15, 0.2) is 0 Å². The molecule has 0 N–H and O–H groups in total. The summed E-state index contributed by atoms with van der Waals surface area (Å²) < 4.78 is 28.3. The Morgan fingerprint density at radius 3 is 2.50 bits per heavy atom. The first-order valence-corrected chi connectivity index (χ1v) is 10.2. The molecule has 150 valence electrons. The summed E-state index contributed by atoms with van der Waals surface area (Å²) in [6.45, 7) is 1.30. The topological polar surface area (TPSA) is 119 Å². The quantitative estimate of drug-likeness (QED) is 0.534. The van der Waals surface area contributed by atoms with E-state index in [0.29, 0.717) is 31.6 Å². The lowest BCUT2D eigenvalue weighted by atomic mass is 10.1. The average Bonchev–Trinajstić information content (AvgIpc) is 2.94. The highest BCUT2D eigenvalue weighted by Crippen LogP contribution is 2.18. The zero-order valence-corrected chi connectivity index (χ0v) is 16.2. The first-order chi connectivity index (χ1) is 13.3. The summed E-state index contributed by atoms with van der Waals surface area (Å²) in [6, 6.07) is 5.86. The first-order valence-electron chi connectivity index (χ1n) is 8.77. The minimum atomic E-state index is -3.64. The third kappa shape index (κ3) is 4.37. The number of carbonyl (C=O) groups excluding carboxylic acids is 1. The van der Waals surface area contributed by atoms with Gasteiger partial charge in [-0.1, -0.05) is 12.1 Å². The van der Waals surface area contributed by atoms with E-state index in [-0.39, 0.29) is 29.5 Å². The third-order valence-corrected chi connectivity index (χ3v) is 6.48. The lowest BCUT2D eigenvalue weighted by molar-refractivity contribution is -0.384. The van der Waals surface area contributed by atoms with Crippen LogP contribution in [0.3, 0.4) is 0 Å². The summed E-state index contributed by atoms with van der Waals surface area (Å²) in [6.07, 6.45) is 3.42. The Kier molecular flexibility index (Phi) is 5.75. The second kappa shape index (κ2) is 8.07. The molecular weight excluding hydrogens is 386 g/mol. The van der Waals surface area contributed by atoms with Crippen LogP contribution >= 0.6 is 0 Å². The summed E-state index contributed by atoms with van der Waals surface area (Å²) >= 11 is 0. The van der Waals surface area contributed by atoms with Gasteiger partial charge in [0.1, 0.15) is 4.90 Å². The summed E-state index contributed by atoms with van der Waals surface area (Å²) in [4.78, 5) is 24.6. The van der Waals surface area contributed by atoms with Crippen LogP contribution in [0.15, 0.2) is 41.6 Å². The number of sulfonamides is 1. The molecule has 0 atom stereocenters. The molecule has 10 nitrogen and oxygen atoms in total. The van der Waals surface area contributed by atoms with E-state index in [2.05, 4.69) is 5.10 Å². The van der Waals surface area contributed by atoms with Crippen molar-refractivity contribution in [3.8, 4) is 0 Å². The van der Waals surface area contributed by atoms with Crippen LogP contribution in [0.4, 0.5) is 5.69 Å². The highest BCUT2D eigenvalue weighted by atomic mass is 32.2. The standard InChI is InChI=1S/C17H21N5O5S/c1-19-13-16(12-18-19)28(26,27)21-8-2-7-20(9-10-21)17(23)11-14-3-5-15(6-4-14)22(24)25/h3-6,12-13H,2,7-11H2,1H3. The highest BCUT2D eigenvalue weighted by molar-refractivity contribution is 7.89. The molecule has 11 heteroatoms. The van der Waals surface area contributed by atoms with Crippen molar-refractivity contribution in [3.63, 3.8) is 0 Å². The zero-order chi connectivity index (χ0) is 20.3. The maximum Gasteiger partial charge on any atom is 0.269 e. The SMILES string of the molecule is Cn1cc(S(=O)(=O)N2CCCN(C(=O)Cc3ccc([N+](=O)[O-])cc3)CC2)cn1. The molecule has 0 bridgehead atoms. The Hall–Kier alpha value is -2.79. The van der Waals surface area contributed by atoms with Crippen LogP contribution in [0.1, 0.15) is 12.0 Å². The molecule has 1 aliphatic heterocycles. The molecule has 2 heterocycles. The molecule has 1 aliphatic rings. The van der Waals surface area contributed by atoms with Crippen molar-refractivity contribution in [2.75, 3.05) is 26.2 Å². The van der Waals surface area contributed by atoms with E-state index in [4.69, 9.17) is 0 Å². The molecule has 0 aliphatic carbocycles. The number of rotatable bonds is 5. The van der Waals surface area contributed by atoms with Crippen molar-refractivity contribution < 1.29 is 18.1 Å². The highest BCUT2D eigenvalue weighted by Gasteiger charge is 2.29. The number of nitro benzene ring substituents is 1. The van der Waals surface area contributed by atoms with E-state index in [0.717, 1.165) is 0 Å². The molecule has 1 fully saturated rings. The van der Waals surface area contributed by atoms with Gasteiger partial charge < -0.3 is 4.90 Å². The van der Waals surface area contributed by atoms with Crippen LogP contribution in [0.25, 0.3) is 0 Å². The van der Waals surface area contributed by atoms with Gasteiger partial charge in [0.25, 0.3) is 5.69 Å². The smallest absolute Gasteiger partial charge is 0.269 e. The second-order valence-electron chi connectivity index (χ2n) is 6.59.